The van der Waals surface area contributed by atoms with Gasteiger partial charge in [0.2, 0.25) is 0 Å². The number of amides is 1. The quantitative estimate of drug-likeness (QED) is 0.780. The van der Waals surface area contributed by atoms with E-state index in [1.165, 1.54) is 0 Å². The largest absolute Gasteiger partial charge is 0.378 e. The minimum Gasteiger partial charge on any atom is -0.378 e. The van der Waals surface area contributed by atoms with Crippen LogP contribution in [0.4, 0.5) is 5.69 Å². The molecule has 3 rings (SSSR count). The van der Waals surface area contributed by atoms with Gasteiger partial charge in [-0.25, -0.2) is 4.98 Å². The zero-order valence-corrected chi connectivity index (χ0v) is 14.7. The second-order valence-electron chi connectivity index (χ2n) is 6.15. The van der Waals surface area contributed by atoms with Crippen molar-refractivity contribution in [3.05, 3.63) is 83.9 Å². The summed E-state index contributed by atoms with van der Waals surface area (Å²) in [5, 5.41) is 3.11. The third kappa shape index (κ3) is 3.71. The summed E-state index contributed by atoms with van der Waals surface area (Å²) in [5.41, 5.74) is 2.68. The van der Waals surface area contributed by atoms with Gasteiger partial charge in [0, 0.05) is 44.8 Å². The first-order valence-electron chi connectivity index (χ1n) is 8.16. The van der Waals surface area contributed by atoms with Gasteiger partial charge in [-0.3, -0.25) is 4.79 Å². The molecule has 1 aromatic heterocycles. The highest BCUT2D eigenvalue weighted by molar-refractivity contribution is 5.95. The van der Waals surface area contributed by atoms with Crippen LogP contribution < -0.4 is 10.2 Å². The smallest absolute Gasteiger partial charge is 0.252 e. The second-order valence-corrected chi connectivity index (χ2v) is 6.15. The fourth-order valence-electron chi connectivity index (χ4n) is 2.72. The fourth-order valence-corrected chi connectivity index (χ4v) is 2.72. The minimum atomic E-state index is -0.303. The topological polar surface area (TPSA) is 50.2 Å². The zero-order chi connectivity index (χ0) is 17.8. The SMILES string of the molecule is CN(C)c1ccc(C(=O)NC(c2ccccc2)c2nccn2C)cc1. The van der Waals surface area contributed by atoms with Crippen LogP contribution in [0.25, 0.3) is 0 Å². The van der Waals surface area contributed by atoms with Crippen molar-refractivity contribution in [2.45, 2.75) is 6.04 Å². The molecule has 25 heavy (non-hydrogen) atoms. The number of rotatable bonds is 5. The maximum absolute atomic E-state index is 12.8. The molecule has 1 unspecified atom stereocenters. The van der Waals surface area contributed by atoms with Crippen LogP contribution in [0.1, 0.15) is 27.8 Å². The molecule has 0 saturated carbocycles. The summed E-state index contributed by atoms with van der Waals surface area (Å²) in [6.45, 7) is 0. The third-order valence-electron chi connectivity index (χ3n) is 4.17. The van der Waals surface area contributed by atoms with E-state index < -0.39 is 0 Å². The number of nitrogens with zero attached hydrogens (tertiary/aromatic N) is 3. The van der Waals surface area contributed by atoms with Gasteiger partial charge < -0.3 is 14.8 Å². The molecule has 2 aromatic carbocycles. The maximum Gasteiger partial charge on any atom is 0.252 e. The standard InChI is InChI=1S/C20H22N4O/c1-23(2)17-11-9-16(10-12-17)20(25)22-18(15-7-5-4-6-8-15)19-21-13-14-24(19)3/h4-14,18H,1-3H3,(H,22,25). The zero-order valence-electron chi connectivity index (χ0n) is 14.7. The van der Waals surface area contributed by atoms with Gasteiger partial charge >= 0.3 is 0 Å². The molecule has 1 N–H and O–H groups in total. The molecular formula is C20H22N4O. The summed E-state index contributed by atoms with van der Waals surface area (Å²) < 4.78 is 1.92. The first kappa shape index (κ1) is 16.8. The molecule has 0 spiro atoms. The van der Waals surface area contributed by atoms with E-state index in [-0.39, 0.29) is 11.9 Å². The number of nitrogens with one attached hydrogen (secondary N) is 1. The molecular weight excluding hydrogens is 312 g/mol. The Bertz CT molecular complexity index is 838. The van der Waals surface area contributed by atoms with Crippen LogP contribution in [-0.4, -0.2) is 29.6 Å². The summed E-state index contributed by atoms with van der Waals surface area (Å²) in [5.74, 6) is 0.673. The molecule has 1 atom stereocenters. The molecule has 128 valence electrons. The van der Waals surface area contributed by atoms with Crippen molar-refractivity contribution < 1.29 is 4.79 Å². The van der Waals surface area contributed by atoms with Crippen LogP contribution in [0.15, 0.2) is 67.0 Å². The van der Waals surface area contributed by atoms with Gasteiger partial charge in [-0.05, 0) is 29.8 Å². The Morgan fingerprint density at radius 2 is 1.76 bits per heavy atom. The highest BCUT2D eigenvalue weighted by Crippen LogP contribution is 2.21. The Kier molecular flexibility index (Phi) is 4.84. The van der Waals surface area contributed by atoms with E-state index in [0.717, 1.165) is 17.1 Å². The second kappa shape index (κ2) is 7.21. The van der Waals surface area contributed by atoms with Crippen LogP contribution >= 0.6 is 0 Å². The Labute approximate surface area is 147 Å². The van der Waals surface area contributed by atoms with Crippen molar-refractivity contribution in [1.29, 1.82) is 0 Å². The molecule has 0 bridgehead atoms. The van der Waals surface area contributed by atoms with E-state index in [2.05, 4.69) is 10.3 Å². The average Bonchev–Trinajstić information content (AvgIpc) is 3.06. The number of benzene rings is 2. The van der Waals surface area contributed by atoms with Crippen molar-refractivity contribution in [3.8, 4) is 0 Å². The monoisotopic (exact) mass is 334 g/mol. The van der Waals surface area contributed by atoms with Crippen molar-refractivity contribution >= 4 is 11.6 Å². The Hall–Kier alpha value is -3.08. The first-order chi connectivity index (χ1) is 12.1. The van der Waals surface area contributed by atoms with Gasteiger partial charge in [-0.2, -0.15) is 0 Å². The Morgan fingerprint density at radius 3 is 2.32 bits per heavy atom. The molecule has 1 heterocycles. The molecule has 0 fully saturated rings. The molecule has 1 amide bonds. The first-order valence-corrected chi connectivity index (χ1v) is 8.16. The molecule has 0 radical (unpaired) electrons. The van der Waals surface area contributed by atoms with Gasteiger partial charge in [-0.15, -0.1) is 0 Å². The van der Waals surface area contributed by atoms with Gasteiger partial charge in [0.1, 0.15) is 11.9 Å². The number of aromatic nitrogens is 2. The van der Waals surface area contributed by atoms with Gasteiger partial charge in [0.05, 0.1) is 0 Å². The molecule has 0 aliphatic rings. The number of aryl methyl sites for hydroxylation is 1. The molecule has 5 heteroatoms. The Balaban J connectivity index is 1.88. The van der Waals surface area contributed by atoms with Crippen molar-refractivity contribution in [3.63, 3.8) is 0 Å². The van der Waals surface area contributed by atoms with E-state index in [0.29, 0.717) is 5.56 Å². The lowest BCUT2D eigenvalue weighted by molar-refractivity contribution is 0.0941. The summed E-state index contributed by atoms with van der Waals surface area (Å²) in [6, 6.07) is 17.1. The number of hydrogen-bond donors (Lipinski definition) is 1. The highest BCUT2D eigenvalue weighted by atomic mass is 16.1. The predicted octanol–water partition coefficient (Wildman–Crippen LogP) is 3.01. The van der Waals surface area contributed by atoms with E-state index in [1.54, 1.807) is 6.20 Å². The van der Waals surface area contributed by atoms with Crippen molar-refractivity contribution in [2.75, 3.05) is 19.0 Å². The number of imidazole rings is 1. The number of hydrogen-bond acceptors (Lipinski definition) is 3. The number of anilines is 1. The molecule has 0 aliphatic heterocycles. The van der Waals surface area contributed by atoms with E-state index in [4.69, 9.17) is 0 Å². The van der Waals surface area contributed by atoms with Crippen LogP contribution in [0.2, 0.25) is 0 Å². The summed E-state index contributed by atoms with van der Waals surface area (Å²) in [7, 11) is 5.87. The predicted molar refractivity (Wildman–Crippen MR) is 99.7 cm³/mol. The number of carbonyl (C=O) groups is 1. The summed E-state index contributed by atoms with van der Waals surface area (Å²) in [4.78, 5) is 19.2. The molecule has 0 aliphatic carbocycles. The summed E-state index contributed by atoms with van der Waals surface area (Å²) in [6.07, 6.45) is 3.62. The lowest BCUT2D eigenvalue weighted by Gasteiger charge is -2.19. The van der Waals surface area contributed by atoms with Crippen LogP contribution in [0, 0.1) is 0 Å². The van der Waals surface area contributed by atoms with E-state index in [9.17, 15) is 4.79 Å². The van der Waals surface area contributed by atoms with Gasteiger partial charge in [-0.1, -0.05) is 30.3 Å². The summed E-state index contributed by atoms with van der Waals surface area (Å²) >= 11 is 0. The minimum absolute atomic E-state index is 0.123. The van der Waals surface area contributed by atoms with Crippen LogP contribution in [0.5, 0.6) is 0 Å². The third-order valence-corrected chi connectivity index (χ3v) is 4.17. The van der Waals surface area contributed by atoms with Crippen LogP contribution in [0.3, 0.4) is 0 Å². The maximum atomic E-state index is 12.8. The van der Waals surface area contributed by atoms with Gasteiger partial charge in [0.25, 0.3) is 5.91 Å². The molecule has 5 nitrogen and oxygen atoms in total. The Morgan fingerprint density at radius 1 is 1.08 bits per heavy atom. The lowest BCUT2D eigenvalue weighted by Crippen LogP contribution is -2.31. The molecule has 0 saturated heterocycles. The molecule has 3 aromatic rings. The normalized spacial score (nSPS) is 11.8. The number of carbonyl (C=O) groups excluding carboxylic acids is 1. The fraction of sp³-hybridized carbons (Fsp3) is 0.200. The average molecular weight is 334 g/mol. The highest BCUT2D eigenvalue weighted by Gasteiger charge is 2.21. The lowest BCUT2D eigenvalue weighted by atomic mass is 10.1. The van der Waals surface area contributed by atoms with Crippen molar-refractivity contribution in [2.24, 2.45) is 7.05 Å². The van der Waals surface area contributed by atoms with E-state index >= 15 is 0 Å². The van der Waals surface area contributed by atoms with E-state index in [1.807, 2.05) is 91.4 Å². The van der Waals surface area contributed by atoms with Gasteiger partial charge in [0.15, 0.2) is 0 Å². The van der Waals surface area contributed by atoms with Crippen molar-refractivity contribution in [1.82, 2.24) is 14.9 Å². The van der Waals surface area contributed by atoms with Crippen LogP contribution in [-0.2, 0) is 7.05 Å².